The second-order valence-electron chi connectivity index (χ2n) is 5.80. The molecule has 4 heteroatoms. The van der Waals surface area contributed by atoms with Crippen LogP contribution in [0.3, 0.4) is 0 Å². The first-order chi connectivity index (χ1) is 10.1. The molecule has 2 heterocycles. The van der Waals surface area contributed by atoms with E-state index in [4.69, 9.17) is 0 Å². The molecule has 0 unspecified atom stereocenters. The van der Waals surface area contributed by atoms with E-state index < -0.39 is 0 Å². The fourth-order valence-electron chi connectivity index (χ4n) is 2.67. The molecule has 0 spiro atoms. The number of aryl methyl sites for hydroxylation is 1. The lowest BCUT2D eigenvalue weighted by Crippen LogP contribution is -2.37. The minimum atomic E-state index is 0.155. The first-order valence-corrected chi connectivity index (χ1v) is 8.33. The third-order valence-electron chi connectivity index (χ3n) is 4.12. The van der Waals surface area contributed by atoms with Crippen LogP contribution in [0.15, 0.2) is 29.6 Å². The molecule has 0 aliphatic carbocycles. The molecule has 3 rings (SSSR count). The van der Waals surface area contributed by atoms with Crippen molar-refractivity contribution in [1.82, 2.24) is 9.88 Å². The molecule has 0 bridgehead atoms. The van der Waals surface area contributed by atoms with Gasteiger partial charge >= 0.3 is 0 Å². The molecule has 1 amide bonds. The van der Waals surface area contributed by atoms with Crippen LogP contribution in [0.4, 0.5) is 0 Å². The molecule has 110 valence electrons. The van der Waals surface area contributed by atoms with Crippen LogP contribution < -0.4 is 0 Å². The van der Waals surface area contributed by atoms with E-state index in [9.17, 15) is 4.79 Å². The Morgan fingerprint density at radius 1 is 1.24 bits per heavy atom. The van der Waals surface area contributed by atoms with Crippen LogP contribution in [-0.4, -0.2) is 28.9 Å². The minimum Gasteiger partial charge on any atom is -0.339 e. The van der Waals surface area contributed by atoms with Gasteiger partial charge in [-0.25, -0.2) is 4.98 Å². The average Bonchev–Trinajstić information content (AvgIpc) is 2.94. The summed E-state index contributed by atoms with van der Waals surface area (Å²) in [5.74, 6) is 0.896. The lowest BCUT2D eigenvalue weighted by Gasteiger charge is -2.30. The molecular formula is C17H20N2OS. The molecule has 1 aromatic heterocycles. The van der Waals surface area contributed by atoms with E-state index in [-0.39, 0.29) is 5.91 Å². The minimum absolute atomic E-state index is 0.155. The molecule has 2 aromatic rings. The molecule has 3 nitrogen and oxygen atoms in total. The summed E-state index contributed by atoms with van der Waals surface area (Å²) in [5.41, 5.74) is 2.84. The smallest absolute Gasteiger partial charge is 0.253 e. The van der Waals surface area contributed by atoms with Crippen molar-refractivity contribution in [2.45, 2.75) is 26.7 Å². The van der Waals surface area contributed by atoms with Crippen molar-refractivity contribution in [3.8, 4) is 11.3 Å². The summed E-state index contributed by atoms with van der Waals surface area (Å²) in [7, 11) is 0. The fraction of sp³-hybridized carbons (Fsp3) is 0.412. The van der Waals surface area contributed by atoms with Gasteiger partial charge in [-0.3, -0.25) is 4.79 Å². The Hall–Kier alpha value is -1.68. The summed E-state index contributed by atoms with van der Waals surface area (Å²) in [5, 5.41) is 3.12. The molecule has 1 aromatic carbocycles. The van der Waals surface area contributed by atoms with E-state index in [2.05, 4.69) is 17.3 Å². The number of hydrogen-bond donors (Lipinski definition) is 0. The van der Waals surface area contributed by atoms with Crippen molar-refractivity contribution in [1.29, 1.82) is 0 Å². The first-order valence-electron chi connectivity index (χ1n) is 7.45. The van der Waals surface area contributed by atoms with E-state index in [0.717, 1.165) is 53.7 Å². The number of likely N-dealkylation sites (tertiary alicyclic amines) is 1. The van der Waals surface area contributed by atoms with Gasteiger partial charge in [0, 0.05) is 29.6 Å². The zero-order valence-corrected chi connectivity index (χ0v) is 13.3. The Bertz CT molecular complexity index is 624. The Kier molecular flexibility index (Phi) is 4.06. The number of hydrogen-bond acceptors (Lipinski definition) is 3. The predicted octanol–water partition coefficient (Wildman–Crippen LogP) is 3.99. The highest BCUT2D eigenvalue weighted by Gasteiger charge is 2.21. The van der Waals surface area contributed by atoms with Crippen LogP contribution in [0, 0.1) is 12.8 Å². The predicted molar refractivity (Wildman–Crippen MR) is 86.6 cm³/mol. The van der Waals surface area contributed by atoms with Crippen LogP contribution in [0.25, 0.3) is 11.3 Å². The lowest BCUT2D eigenvalue weighted by molar-refractivity contribution is 0.0697. The van der Waals surface area contributed by atoms with Gasteiger partial charge in [-0.15, -0.1) is 11.3 Å². The maximum absolute atomic E-state index is 12.5. The molecule has 1 aliphatic heterocycles. The summed E-state index contributed by atoms with van der Waals surface area (Å²) in [6.07, 6.45) is 2.23. The van der Waals surface area contributed by atoms with Crippen molar-refractivity contribution in [3.05, 3.63) is 40.2 Å². The Labute approximate surface area is 129 Å². The molecule has 0 atom stereocenters. The van der Waals surface area contributed by atoms with Gasteiger partial charge in [0.25, 0.3) is 5.91 Å². The standard InChI is InChI=1S/C17H20N2OS/c1-12-7-9-19(10-8-12)17(20)15-5-3-14(4-6-15)16-11-21-13(2)18-16/h3-6,11-12H,7-10H2,1-2H3. The largest absolute Gasteiger partial charge is 0.339 e. The number of thiazole rings is 1. The second kappa shape index (κ2) is 5.98. The average molecular weight is 300 g/mol. The normalized spacial score (nSPS) is 16.2. The van der Waals surface area contributed by atoms with E-state index in [1.807, 2.05) is 36.1 Å². The summed E-state index contributed by atoms with van der Waals surface area (Å²) in [6.45, 7) is 6.02. The van der Waals surface area contributed by atoms with Crippen molar-refractivity contribution in [3.63, 3.8) is 0 Å². The zero-order chi connectivity index (χ0) is 14.8. The molecule has 0 radical (unpaired) electrons. The summed E-state index contributed by atoms with van der Waals surface area (Å²) in [4.78, 5) is 18.9. The summed E-state index contributed by atoms with van der Waals surface area (Å²) in [6, 6.07) is 7.83. The highest BCUT2D eigenvalue weighted by Crippen LogP contribution is 2.23. The number of aromatic nitrogens is 1. The molecule has 0 N–H and O–H groups in total. The van der Waals surface area contributed by atoms with Gasteiger partial charge in [0.15, 0.2) is 0 Å². The molecule has 1 fully saturated rings. The first kappa shape index (κ1) is 14.3. The van der Waals surface area contributed by atoms with Crippen molar-refractivity contribution in [2.75, 3.05) is 13.1 Å². The van der Waals surface area contributed by atoms with Gasteiger partial charge < -0.3 is 4.90 Å². The highest BCUT2D eigenvalue weighted by molar-refractivity contribution is 7.09. The molecule has 21 heavy (non-hydrogen) atoms. The Balaban J connectivity index is 1.73. The van der Waals surface area contributed by atoms with Gasteiger partial charge in [0.05, 0.1) is 10.7 Å². The number of rotatable bonds is 2. The summed E-state index contributed by atoms with van der Waals surface area (Å²) >= 11 is 1.65. The van der Waals surface area contributed by atoms with Crippen LogP contribution in [-0.2, 0) is 0 Å². The van der Waals surface area contributed by atoms with E-state index in [1.165, 1.54) is 0 Å². The molecule has 0 saturated carbocycles. The quantitative estimate of drug-likeness (QED) is 0.840. The highest BCUT2D eigenvalue weighted by atomic mass is 32.1. The van der Waals surface area contributed by atoms with E-state index in [1.54, 1.807) is 11.3 Å². The van der Waals surface area contributed by atoms with Gasteiger partial charge in [0.2, 0.25) is 0 Å². The number of piperidine rings is 1. The third kappa shape index (κ3) is 3.16. The zero-order valence-electron chi connectivity index (χ0n) is 12.5. The second-order valence-corrected chi connectivity index (χ2v) is 6.87. The number of nitrogens with zero attached hydrogens (tertiary/aromatic N) is 2. The molecular weight excluding hydrogens is 280 g/mol. The number of carbonyl (C=O) groups excluding carboxylic acids is 1. The molecule has 1 aliphatic rings. The molecule has 1 saturated heterocycles. The topological polar surface area (TPSA) is 33.2 Å². The number of carbonyl (C=O) groups is 1. The van der Waals surface area contributed by atoms with Crippen LogP contribution in [0.1, 0.15) is 35.1 Å². The lowest BCUT2D eigenvalue weighted by atomic mass is 9.98. The van der Waals surface area contributed by atoms with Crippen molar-refractivity contribution in [2.24, 2.45) is 5.92 Å². The van der Waals surface area contributed by atoms with Gasteiger partial charge in [-0.1, -0.05) is 19.1 Å². The van der Waals surface area contributed by atoms with Crippen LogP contribution in [0.2, 0.25) is 0 Å². The van der Waals surface area contributed by atoms with Gasteiger partial charge in [-0.05, 0) is 37.8 Å². The monoisotopic (exact) mass is 300 g/mol. The van der Waals surface area contributed by atoms with E-state index >= 15 is 0 Å². The van der Waals surface area contributed by atoms with Crippen LogP contribution in [0.5, 0.6) is 0 Å². The SMILES string of the molecule is Cc1nc(-c2ccc(C(=O)N3CCC(C)CC3)cc2)cs1. The maximum Gasteiger partial charge on any atom is 0.253 e. The van der Waals surface area contributed by atoms with Gasteiger partial charge in [-0.2, -0.15) is 0 Å². The van der Waals surface area contributed by atoms with Crippen LogP contribution >= 0.6 is 11.3 Å². The maximum atomic E-state index is 12.5. The Morgan fingerprint density at radius 3 is 2.48 bits per heavy atom. The Morgan fingerprint density at radius 2 is 1.90 bits per heavy atom. The van der Waals surface area contributed by atoms with Gasteiger partial charge in [0.1, 0.15) is 0 Å². The third-order valence-corrected chi connectivity index (χ3v) is 4.89. The fourth-order valence-corrected chi connectivity index (χ4v) is 3.30. The summed E-state index contributed by atoms with van der Waals surface area (Å²) < 4.78 is 0. The van der Waals surface area contributed by atoms with Crippen molar-refractivity contribution < 1.29 is 4.79 Å². The van der Waals surface area contributed by atoms with Crippen molar-refractivity contribution >= 4 is 17.2 Å². The number of amides is 1. The van der Waals surface area contributed by atoms with E-state index in [0.29, 0.717) is 0 Å². The number of benzene rings is 1.